The van der Waals surface area contributed by atoms with Crippen LogP contribution in [0.4, 0.5) is 4.79 Å². The van der Waals surface area contributed by atoms with Gasteiger partial charge in [-0.05, 0) is 75.0 Å². The van der Waals surface area contributed by atoms with Crippen molar-refractivity contribution in [3.63, 3.8) is 0 Å². The highest BCUT2D eigenvalue weighted by Gasteiger charge is 2.36. The Kier molecular flexibility index (Phi) is 12.1. The summed E-state index contributed by atoms with van der Waals surface area (Å²) in [6.07, 6.45) is 4.05. The molecular formula is C35H48ClN5O6Si. The van der Waals surface area contributed by atoms with Crippen LogP contribution in [0.2, 0.25) is 30.7 Å². The smallest absolute Gasteiger partial charge is 0.408 e. The van der Waals surface area contributed by atoms with Crippen molar-refractivity contribution in [1.29, 1.82) is 0 Å². The van der Waals surface area contributed by atoms with Crippen LogP contribution in [0.3, 0.4) is 0 Å². The molecule has 48 heavy (non-hydrogen) atoms. The van der Waals surface area contributed by atoms with E-state index in [0.29, 0.717) is 53.4 Å². The number of halogens is 1. The zero-order chi connectivity index (χ0) is 35.2. The average molecular weight is 698 g/mol. The zero-order valence-corrected chi connectivity index (χ0v) is 30.5. The van der Waals surface area contributed by atoms with Crippen LogP contribution in [0.15, 0.2) is 55.0 Å². The Morgan fingerprint density at radius 3 is 2.54 bits per heavy atom. The minimum atomic E-state index is -1.33. The number of likely N-dealkylation sites (tertiary alicyclic amines) is 1. The van der Waals surface area contributed by atoms with E-state index in [1.165, 1.54) is 4.90 Å². The van der Waals surface area contributed by atoms with Crippen molar-refractivity contribution in [2.24, 2.45) is 0 Å². The first kappa shape index (κ1) is 37.1. The molecule has 13 heteroatoms. The molecule has 0 aliphatic carbocycles. The molecule has 0 saturated carbocycles. The quantitative estimate of drug-likeness (QED) is 0.144. The summed E-state index contributed by atoms with van der Waals surface area (Å²) in [5.74, 6) is -0.630. The number of aliphatic hydroxyl groups is 1. The highest BCUT2D eigenvalue weighted by molar-refractivity contribution is 6.76. The largest absolute Gasteiger partial charge is 0.465 e. The number of nitrogens with zero attached hydrogens (tertiary/aromatic N) is 4. The number of amides is 3. The van der Waals surface area contributed by atoms with Gasteiger partial charge in [-0.25, -0.2) is 4.79 Å². The first-order chi connectivity index (χ1) is 22.5. The van der Waals surface area contributed by atoms with Crippen LogP contribution in [0, 0.1) is 0 Å². The van der Waals surface area contributed by atoms with Crippen molar-refractivity contribution >= 4 is 37.6 Å². The summed E-state index contributed by atoms with van der Waals surface area (Å²) in [6, 6.07) is 10.6. The number of aliphatic hydroxyl groups excluding tert-OH is 1. The molecule has 2 atom stereocenters. The molecule has 1 unspecified atom stereocenters. The Hall–Kier alpha value is -3.71. The van der Waals surface area contributed by atoms with Gasteiger partial charge >= 0.3 is 6.09 Å². The second-order valence-electron chi connectivity index (χ2n) is 14.5. The van der Waals surface area contributed by atoms with Crippen LogP contribution < -0.4 is 5.32 Å². The predicted octanol–water partition coefficient (Wildman–Crippen LogP) is 6.13. The van der Waals surface area contributed by atoms with Gasteiger partial charge in [-0.2, -0.15) is 0 Å². The Bertz CT molecular complexity index is 1590. The van der Waals surface area contributed by atoms with E-state index in [2.05, 4.69) is 29.9 Å². The van der Waals surface area contributed by atoms with Gasteiger partial charge in [0.1, 0.15) is 24.6 Å². The summed E-state index contributed by atoms with van der Waals surface area (Å²) in [5.41, 5.74) is 2.24. The summed E-state index contributed by atoms with van der Waals surface area (Å²) in [6.45, 7) is 13.6. The van der Waals surface area contributed by atoms with Crippen LogP contribution in [0.1, 0.15) is 72.5 Å². The molecule has 3 N–H and O–H groups in total. The van der Waals surface area contributed by atoms with Crippen LogP contribution in [0.25, 0.3) is 0 Å². The average Bonchev–Trinajstić information content (AvgIpc) is 3.68. The van der Waals surface area contributed by atoms with Crippen molar-refractivity contribution in [2.45, 2.75) is 96.8 Å². The van der Waals surface area contributed by atoms with Crippen LogP contribution in [-0.2, 0) is 29.4 Å². The van der Waals surface area contributed by atoms with E-state index >= 15 is 0 Å². The van der Waals surface area contributed by atoms with Gasteiger partial charge in [0.2, 0.25) is 5.91 Å². The molecule has 0 bridgehead atoms. The summed E-state index contributed by atoms with van der Waals surface area (Å²) >= 11 is 6.30. The normalized spacial score (nSPS) is 15.8. The van der Waals surface area contributed by atoms with Crippen molar-refractivity contribution in [3.8, 4) is 0 Å². The second-order valence-corrected chi connectivity index (χ2v) is 20.6. The SMILES string of the molecule is CC(C)(C)N(Cc1ccc(Cl)cc1CNC(=O)[C@@H]1CCCN1C(=O)c1cc(C(O)c2cccnc2)cn1COCC[Si](C)(C)C)C(=O)O. The topological polar surface area (TPSA) is 137 Å². The maximum atomic E-state index is 14.1. The molecule has 1 aliphatic rings. The van der Waals surface area contributed by atoms with E-state index < -0.39 is 31.9 Å². The monoisotopic (exact) mass is 697 g/mol. The standard InChI is InChI=1S/C35H48ClN5O6Si/c1-35(2,3)41(34(45)46)22-25-11-12-28(36)17-26(25)20-38-32(43)29-10-8-14-40(29)33(44)30-18-27(31(42)24-9-7-13-37-19-24)21-39(30)23-47-15-16-48(4,5)6/h7,9,11-13,17-19,21,29,31,42H,8,10,14-16,20,22-23H2,1-6H3,(H,38,43)(H,45,46)/t29-,31?/m0/s1. The van der Waals surface area contributed by atoms with E-state index in [1.807, 2.05) is 20.8 Å². The van der Waals surface area contributed by atoms with Crippen LogP contribution in [-0.4, -0.2) is 80.3 Å². The van der Waals surface area contributed by atoms with Gasteiger partial charge in [-0.15, -0.1) is 0 Å². The number of nitrogens with one attached hydrogen (secondary N) is 1. The third-order valence-electron chi connectivity index (χ3n) is 8.49. The maximum Gasteiger partial charge on any atom is 0.408 e. The summed E-state index contributed by atoms with van der Waals surface area (Å²) in [7, 11) is -1.33. The zero-order valence-electron chi connectivity index (χ0n) is 28.7. The summed E-state index contributed by atoms with van der Waals surface area (Å²) in [5, 5.41) is 24.4. The Labute approximate surface area is 288 Å². The minimum Gasteiger partial charge on any atom is -0.465 e. The molecule has 3 aromatic rings. The molecule has 11 nitrogen and oxygen atoms in total. The third-order valence-corrected chi connectivity index (χ3v) is 10.4. The second kappa shape index (κ2) is 15.7. The molecule has 0 spiro atoms. The molecule has 3 heterocycles. The van der Waals surface area contributed by atoms with Crippen LogP contribution in [0.5, 0.6) is 0 Å². The molecule has 260 valence electrons. The molecule has 2 aromatic heterocycles. The van der Waals surface area contributed by atoms with Crippen molar-refractivity contribution in [3.05, 3.63) is 88.0 Å². The van der Waals surface area contributed by atoms with E-state index in [1.54, 1.807) is 64.5 Å². The molecule has 4 rings (SSSR count). The van der Waals surface area contributed by atoms with Gasteiger partial charge < -0.3 is 29.7 Å². The number of benzene rings is 1. The van der Waals surface area contributed by atoms with E-state index in [0.717, 1.165) is 11.6 Å². The lowest BCUT2D eigenvalue weighted by Crippen LogP contribution is -2.46. The number of aromatic nitrogens is 2. The number of carbonyl (C=O) groups excluding carboxylic acids is 2. The van der Waals surface area contributed by atoms with Gasteiger partial charge in [0.25, 0.3) is 5.91 Å². The number of pyridine rings is 1. The lowest BCUT2D eigenvalue weighted by atomic mass is 10.0. The predicted molar refractivity (Wildman–Crippen MR) is 188 cm³/mol. The van der Waals surface area contributed by atoms with Crippen molar-refractivity contribution < 1.29 is 29.3 Å². The maximum absolute atomic E-state index is 14.1. The number of rotatable bonds is 13. The fraction of sp³-hybridized carbons (Fsp3) is 0.486. The van der Waals surface area contributed by atoms with Gasteiger partial charge in [-0.1, -0.05) is 43.4 Å². The Morgan fingerprint density at radius 1 is 1.15 bits per heavy atom. The van der Waals surface area contributed by atoms with Gasteiger partial charge in [-0.3, -0.25) is 19.5 Å². The minimum absolute atomic E-state index is 0.119. The Morgan fingerprint density at radius 2 is 1.90 bits per heavy atom. The third kappa shape index (κ3) is 9.68. The van der Waals surface area contributed by atoms with Crippen molar-refractivity contribution in [2.75, 3.05) is 13.2 Å². The van der Waals surface area contributed by atoms with Crippen LogP contribution >= 0.6 is 11.6 Å². The first-order valence-electron chi connectivity index (χ1n) is 16.3. The lowest BCUT2D eigenvalue weighted by Gasteiger charge is -2.33. The summed E-state index contributed by atoms with van der Waals surface area (Å²) in [4.78, 5) is 46.8. The molecular weight excluding hydrogens is 650 g/mol. The number of carbonyl (C=O) groups is 3. The van der Waals surface area contributed by atoms with Gasteiger partial charge in [0, 0.05) is 74.6 Å². The molecule has 3 amide bonds. The first-order valence-corrected chi connectivity index (χ1v) is 20.4. The highest BCUT2D eigenvalue weighted by Crippen LogP contribution is 2.28. The molecule has 1 aromatic carbocycles. The Balaban J connectivity index is 1.52. The number of carboxylic acid groups (broad SMARTS) is 1. The molecule has 1 aliphatic heterocycles. The van der Waals surface area contributed by atoms with Gasteiger partial charge in [0.15, 0.2) is 0 Å². The summed E-state index contributed by atoms with van der Waals surface area (Å²) < 4.78 is 7.70. The highest BCUT2D eigenvalue weighted by atomic mass is 35.5. The molecule has 1 saturated heterocycles. The number of ether oxygens (including phenoxy) is 1. The van der Waals surface area contributed by atoms with Gasteiger partial charge in [0.05, 0.1) is 0 Å². The number of hydrogen-bond acceptors (Lipinski definition) is 6. The van der Waals surface area contributed by atoms with E-state index in [-0.39, 0.29) is 31.6 Å². The molecule has 1 fully saturated rings. The van der Waals surface area contributed by atoms with E-state index in [9.17, 15) is 24.6 Å². The fourth-order valence-electron chi connectivity index (χ4n) is 5.64. The fourth-order valence-corrected chi connectivity index (χ4v) is 6.60. The lowest BCUT2D eigenvalue weighted by molar-refractivity contribution is -0.125. The van der Waals surface area contributed by atoms with Crippen molar-refractivity contribution in [1.82, 2.24) is 24.7 Å². The molecule has 0 radical (unpaired) electrons. The number of hydrogen-bond donors (Lipinski definition) is 3. The van der Waals surface area contributed by atoms with E-state index in [4.69, 9.17) is 16.3 Å².